The van der Waals surface area contributed by atoms with Crippen molar-refractivity contribution in [2.45, 2.75) is 12.3 Å². The highest BCUT2D eigenvalue weighted by atomic mass is 16.6. The summed E-state index contributed by atoms with van der Waals surface area (Å²) in [5.41, 5.74) is 2.18. The molecule has 0 bridgehead atoms. The molecule has 1 heterocycles. The van der Waals surface area contributed by atoms with Crippen LogP contribution < -0.4 is 14.8 Å². The largest absolute Gasteiger partial charge is 0.493 e. The number of carbonyl (C=O) groups is 1. The van der Waals surface area contributed by atoms with Crippen molar-refractivity contribution < 1.29 is 19.2 Å². The van der Waals surface area contributed by atoms with Crippen LogP contribution in [0.3, 0.4) is 0 Å². The number of anilines is 1. The molecule has 0 unspecified atom stereocenters. The number of methoxy groups -OCH3 is 2. The number of fused-ring (bicyclic) bond motifs is 1. The van der Waals surface area contributed by atoms with E-state index in [-0.39, 0.29) is 23.9 Å². The number of nitro benzene ring substituents is 1. The van der Waals surface area contributed by atoms with Gasteiger partial charge < -0.3 is 14.8 Å². The molecule has 0 spiro atoms. The van der Waals surface area contributed by atoms with Crippen molar-refractivity contribution in [2.24, 2.45) is 0 Å². The van der Waals surface area contributed by atoms with Gasteiger partial charge in [0.15, 0.2) is 11.5 Å². The van der Waals surface area contributed by atoms with Gasteiger partial charge in [0.25, 0.3) is 5.69 Å². The topological polar surface area (TPSA) is 90.7 Å². The van der Waals surface area contributed by atoms with Crippen LogP contribution in [0.1, 0.15) is 23.5 Å². The third kappa shape index (κ3) is 2.76. The molecule has 1 amide bonds. The minimum absolute atomic E-state index is 0.000471. The van der Waals surface area contributed by atoms with Crippen molar-refractivity contribution in [3.05, 3.63) is 57.6 Å². The lowest BCUT2D eigenvalue weighted by atomic mass is 9.84. The van der Waals surface area contributed by atoms with Gasteiger partial charge in [0, 0.05) is 36.2 Å². The molecule has 1 atom stereocenters. The van der Waals surface area contributed by atoms with Gasteiger partial charge in [-0.15, -0.1) is 0 Å². The van der Waals surface area contributed by atoms with E-state index in [9.17, 15) is 14.9 Å². The first kappa shape index (κ1) is 15.8. The third-order valence-electron chi connectivity index (χ3n) is 4.08. The number of hydrogen-bond donors (Lipinski definition) is 1. The molecule has 0 aromatic heterocycles. The number of ether oxygens (including phenoxy) is 2. The average molecular weight is 328 g/mol. The first-order valence-corrected chi connectivity index (χ1v) is 7.33. The normalized spacial score (nSPS) is 16.1. The smallest absolute Gasteiger partial charge is 0.269 e. The van der Waals surface area contributed by atoms with Gasteiger partial charge >= 0.3 is 0 Å². The fourth-order valence-corrected chi connectivity index (χ4v) is 2.94. The predicted octanol–water partition coefficient (Wildman–Crippen LogP) is 3.09. The number of nitrogens with one attached hydrogen (secondary N) is 1. The molecule has 1 aliphatic rings. The molecule has 0 radical (unpaired) electrons. The van der Waals surface area contributed by atoms with Crippen molar-refractivity contribution in [1.82, 2.24) is 0 Å². The molecule has 2 aromatic carbocycles. The molecule has 1 aliphatic heterocycles. The van der Waals surface area contributed by atoms with E-state index in [0.29, 0.717) is 22.7 Å². The van der Waals surface area contributed by atoms with Crippen LogP contribution in [0, 0.1) is 10.1 Å². The van der Waals surface area contributed by atoms with Crippen LogP contribution in [0.15, 0.2) is 36.4 Å². The molecule has 7 heteroatoms. The van der Waals surface area contributed by atoms with Crippen molar-refractivity contribution in [2.75, 3.05) is 19.5 Å². The van der Waals surface area contributed by atoms with Crippen molar-refractivity contribution >= 4 is 17.3 Å². The molecule has 1 N–H and O–H groups in total. The van der Waals surface area contributed by atoms with E-state index in [2.05, 4.69) is 5.32 Å². The van der Waals surface area contributed by atoms with E-state index in [1.807, 2.05) is 0 Å². The Labute approximate surface area is 138 Å². The second kappa shape index (κ2) is 6.19. The minimum Gasteiger partial charge on any atom is -0.493 e. The lowest BCUT2D eigenvalue weighted by molar-refractivity contribution is -0.384. The highest BCUT2D eigenvalue weighted by Gasteiger charge is 2.29. The summed E-state index contributed by atoms with van der Waals surface area (Å²) in [4.78, 5) is 22.6. The number of non-ortho nitro benzene ring substituents is 1. The van der Waals surface area contributed by atoms with Crippen LogP contribution in [0.25, 0.3) is 0 Å². The van der Waals surface area contributed by atoms with Crippen molar-refractivity contribution in [3.8, 4) is 11.5 Å². The average Bonchev–Trinajstić information content (AvgIpc) is 2.59. The standard InChI is InChI=1S/C17H16N2O5/c1-23-15-7-13-12(10-4-3-5-11(6-10)19(21)22)8-17(20)18-14(13)9-16(15)24-2/h3-7,9,12H,8H2,1-2H3,(H,18,20)/t12-/m0/s1. The van der Waals surface area contributed by atoms with Crippen molar-refractivity contribution in [3.63, 3.8) is 0 Å². The Morgan fingerprint density at radius 2 is 1.88 bits per heavy atom. The Bertz CT molecular complexity index is 819. The lowest BCUT2D eigenvalue weighted by Gasteiger charge is -2.27. The summed E-state index contributed by atoms with van der Waals surface area (Å²) in [6.45, 7) is 0. The molecule has 0 saturated carbocycles. The van der Waals surface area contributed by atoms with Gasteiger partial charge in [-0.2, -0.15) is 0 Å². The van der Waals surface area contributed by atoms with Crippen LogP contribution in [0.4, 0.5) is 11.4 Å². The number of rotatable bonds is 4. The van der Waals surface area contributed by atoms with Gasteiger partial charge in [0.1, 0.15) is 0 Å². The van der Waals surface area contributed by atoms with Crippen LogP contribution in [0.5, 0.6) is 11.5 Å². The number of carbonyl (C=O) groups excluding carboxylic acids is 1. The first-order valence-electron chi connectivity index (χ1n) is 7.33. The zero-order valence-corrected chi connectivity index (χ0v) is 13.2. The Morgan fingerprint density at radius 3 is 2.54 bits per heavy atom. The van der Waals surface area contributed by atoms with E-state index < -0.39 is 4.92 Å². The summed E-state index contributed by atoms with van der Waals surface area (Å²) in [6, 6.07) is 9.86. The zero-order valence-electron chi connectivity index (χ0n) is 13.2. The molecule has 24 heavy (non-hydrogen) atoms. The first-order chi connectivity index (χ1) is 11.5. The molecule has 2 aromatic rings. The van der Waals surface area contributed by atoms with Gasteiger partial charge in [0.2, 0.25) is 5.91 Å². The molecule has 124 valence electrons. The molecule has 0 aliphatic carbocycles. The Morgan fingerprint density at radius 1 is 1.17 bits per heavy atom. The quantitative estimate of drug-likeness (QED) is 0.688. The number of hydrogen-bond acceptors (Lipinski definition) is 5. The summed E-state index contributed by atoms with van der Waals surface area (Å²) in [7, 11) is 3.06. The number of benzene rings is 2. The summed E-state index contributed by atoms with van der Waals surface area (Å²) >= 11 is 0. The zero-order chi connectivity index (χ0) is 17.3. The van der Waals surface area contributed by atoms with Crippen LogP contribution in [0.2, 0.25) is 0 Å². The van der Waals surface area contributed by atoms with Gasteiger partial charge in [0.05, 0.1) is 19.1 Å². The maximum Gasteiger partial charge on any atom is 0.269 e. The fourth-order valence-electron chi connectivity index (χ4n) is 2.94. The highest BCUT2D eigenvalue weighted by Crippen LogP contribution is 2.43. The van der Waals surface area contributed by atoms with Gasteiger partial charge in [-0.25, -0.2) is 0 Å². The third-order valence-corrected chi connectivity index (χ3v) is 4.08. The van der Waals surface area contributed by atoms with Gasteiger partial charge in [-0.05, 0) is 17.2 Å². The summed E-state index contributed by atoms with van der Waals surface area (Å²) < 4.78 is 10.6. The second-order valence-corrected chi connectivity index (χ2v) is 5.45. The molecule has 0 fully saturated rings. The van der Waals surface area contributed by atoms with E-state index >= 15 is 0 Å². The van der Waals surface area contributed by atoms with Gasteiger partial charge in [-0.1, -0.05) is 12.1 Å². The van der Waals surface area contributed by atoms with Gasteiger partial charge in [-0.3, -0.25) is 14.9 Å². The molecular weight excluding hydrogens is 312 g/mol. The Hall–Kier alpha value is -3.09. The molecule has 3 rings (SSSR count). The minimum atomic E-state index is -0.443. The SMILES string of the molecule is COc1cc2c(cc1OC)[C@H](c1cccc([N+](=O)[O-])c1)CC(=O)N2. The lowest BCUT2D eigenvalue weighted by Crippen LogP contribution is -2.23. The second-order valence-electron chi connectivity index (χ2n) is 5.45. The monoisotopic (exact) mass is 328 g/mol. The van der Waals surface area contributed by atoms with Crippen molar-refractivity contribution in [1.29, 1.82) is 0 Å². The van der Waals surface area contributed by atoms with Crippen LogP contribution >= 0.6 is 0 Å². The molecule has 0 saturated heterocycles. The summed E-state index contributed by atoms with van der Waals surface area (Å²) in [5, 5.41) is 13.8. The molecule has 7 nitrogen and oxygen atoms in total. The van der Waals surface area contributed by atoms with E-state index in [0.717, 1.165) is 5.56 Å². The van der Waals surface area contributed by atoms with Crippen LogP contribution in [-0.4, -0.2) is 25.1 Å². The maximum absolute atomic E-state index is 12.1. The Kier molecular flexibility index (Phi) is 4.07. The fraction of sp³-hybridized carbons (Fsp3) is 0.235. The predicted molar refractivity (Wildman–Crippen MR) is 87.7 cm³/mol. The number of nitro groups is 1. The van der Waals surface area contributed by atoms with E-state index in [1.54, 1.807) is 24.3 Å². The number of nitrogens with zero attached hydrogens (tertiary/aromatic N) is 1. The van der Waals surface area contributed by atoms with E-state index in [4.69, 9.17) is 9.47 Å². The maximum atomic E-state index is 12.1. The summed E-state index contributed by atoms with van der Waals surface area (Å²) in [5.74, 6) is 0.624. The Balaban J connectivity index is 2.13. The highest BCUT2D eigenvalue weighted by molar-refractivity contribution is 5.96. The van der Waals surface area contributed by atoms with Crippen LogP contribution in [-0.2, 0) is 4.79 Å². The summed E-state index contributed by atoms with van der Waals surface area (Å²) in [6.07, 6.45) is 0.212. The molecular formula is C17H16N2O5. The van der Waals surface area contributed by atoms with E-state index in [1.165, 1.54) is 26.4 Å². The number of amides is 1.